The largest absolute Gasteiger partial charge is 0.342 e. The van der Waals surface area contributed by atoms with Crippen molar-refractivity contribution in [2.45, 2.75) is 26.8 Å². The maximum atomic E-state index is 4.78. The smallest absolute Gasteiger partial charge is 0.116 e. The third-order valence-corrected chi connectivity index (χ3v) is 5.99. The molecule has 7 nitrogen and oxygen atoms in total. The van der Waals surface area contributed by atoms with Crippen LogP contribution in [0.2, 0.25) is 0 Å². The second-order valence-corrected chi connectivity index (χ2v) is 8.21. The first kappa shape index (κ1) is 19.8. The Morgan fingerprint density at radius 3 is 2.74 bits per heavy atom. The van der Waals surface area contributed by atoms with Crippen LogP contribution in [0.4, 0.5) is 0 Å². The zero-order valence-electron chi connectivity index (χ0n) is 18.0. The van der Waals surface area contributed by atoms with Crippen LogP contribution >= 0.6 is 0 Å². The average molecular weight is 414 g/mol. The lowest BCUT2D eigenvalue weighted by Gasteiger charge is -2.27. The number of piperazine rings is 1. The molecule has 0 saturated carbocycles. The van der Waals surface area contributed by atoms with Gasteiger partial charge in [0.2, 0.25) is 0 Å². The number of aromatic nitrogens is 5. The van der Waals surface area contributed by atoms with Gasteiger partial charge in [0.05, 0.1) is 16.7 Å². The Morgan fingerprint density at radius 1 is 1.00 bits per heavy atom. The number of benzene rings is 1. The number of imidazole rings is 1. The van der Waals surface area contributed by atoms with Crippen molar-refractivity contribution in [1.29, 1.82) is 0 Å². The van der Waals surface area contributed by atoms with Gasteiger partial charge < -0.3 is 10.3 Å². The minimum absolute atomic E-state index is 0.686. The molecule has 4 heterocycles. The summed E-state index contributed by atoms with van der Waals surface area (Å²) < 4.78 is 0. The number of nitrogens with zero attached hydrogens (tertiary/aromatic N) is 5. The molecule has 1 aromatic carbocycles. The Labute approximate surface area is 182 Å². The molecule has 0 radical (unpaired) electrons. The Bertz CT molecular complexity index is 1210. The zero-order valence-corrected chi connectivity index (χ0v) is 18.0. The molecule has 31 heavy (non-hydrogen) atoms. The van der Waals surface area contributed by atoms with E-state index in [4.69, 9.17) is 4.98 Å². The van der Waals surface area contributed by atoms with Crippen LogP contribution in [0.25, 0.3) is 22.3 Å². The highest BCUT2D eigenvalue weighted by Gasteiger charge is 2.12. The SMILES string of the molecule is Cc1ncnc(-c2ccc3nc(Cc4cc(CN5CCNCC5)ccn4)[nH]c3c2)c1C. The molecule has 158 valence electrons. The van der Waals surface area contributed by atoms with Crippen LogP contribution in [0, 0.1) is 13.8 Å². The number of H-pyrrole nitrogens is 1. The van der Waals surface area contributed by atoms with Crippen molar-refractivity contribution in [3.63, 3.8) is 0 Å². The minimum atomic E-state index is 0.686. The molecule has 3 aromatic heterocycles. The second-order valence-electron chi connectivity index (χ2n) is 8.21. The van der Waals surface area contributed by atoms with Gasteiger partial charge in [0.25, 0.3) is 0 Å². The summed E-state index contributed by atoms with van der Waals surface area (Å²) in [5.41, 5.74) is 8.46. The van der Waals surface area contributed by atoms with E-state index in [-0.39, 0.29) is 0 Å². The molecule has 0 aliphatic carbocycles. The Morgan fingerprint density at radius 2 is 1.87 bits per heavy atom. The van der Waals surface area contributed by atoms with Crippen LogP contribution in [0.5, 0.6) is 0 Å². The average Bonchev–Trinajstić information content (AvgIpc) is 3.18. The Hall–Kier alpha value is -3.16. The van der Waals surface area contributed by atoms with E-state index in [1.165, 1.54) is 5.56 Å². The zero-order chi connectivity index (χ0) is 21.2. The number of fused-ring (bicyclic) bond motifs is 1. The fourth-order valence-corrected chi connectivity index (χ4v) is 4.14. The Balaban J connectivity index is 1.36. The van der Waals surface area contributed by atoms with Crippen LogP contribution in [-0.4, -0.2) is 56.0 Å². The van der Waals surface area contributed by atoms with E-state index < -0.39 is 0 Å². The van der Waals surface area contributed by atoms with Gasteiger partial charge in [0, 0.05) is 62.3 Å². The van der Waals surface area contributed by atoms with Crippen LogP contribution in [-0.2, 0) is 13.0 Å². The highest BCUT2D eigenvalue weighted by atomic mass is 15.2. The van der Waals surface area contributed by atoms with Crippen molar-refractivity contribution in [3.05, 3.63) is 71.2 Å². The van der Waals surface area contributed by atoms with Crippen molar-refractivity contribution >= 4 is 11.0 Å². The monoisotopic (exact) mass is 413 g/mol. The lowest BCUT2D eigenvalue weighted by Crippen LogP contribution is -2.42. The predicted octanol–water partition coefficient (Wildman–Crippen LogP) is 3.03. The quantitative estimate of drug-likeness (QED) is 0.523. The maximum absolute atomic E-state index is 4.78. The predicted molar refractivity (Wildman–Crippen MR) is 122 cm³/mol. The molecule has 7 heteroatoms. The van der Waals surface area contributed by atoms with Gasteiger partial charge in [0.1, 0.15) is 12.2 Å². The second kappa shape index (κ2) is 8.53. The molecule has 1 saturated heterocycles. The van der Waals surface area contributed by atoms with Crippen molar-refractivity contribution in [3.8, 4) is 11.3 Å². The highest BCUT2D eigenvalue weighted by Crippen LogP contribution is 2.25. The number of hydrogen-bond donors (Lipinski definition) is 2. The molecular weight excluding hydrogens is 386 g/mol. The molecule has 0 spiro atoms. The van der Waals surface area contributed by atoms with Gasteiger partial charge in [-0.05, 0) is 49.2 Å². The lowest BCUT2D eigenvalue weighted by molar-refractivity contribution is 0.233. The number of hydrogen-bond acceptors (Lipinski definition) is 6. The van der Waals surface area contributed by atoms with Crippen LogP contribution in [0.15, 0.2) is 42.9 Å². The van der Waals surface area contributed by atoms with Gasteiger partial charge in [0.15, 0.2) is 0 Å². The van der Waals surface area contributed by atoms with E-state index in [9.17, 15) is 0 Å². The van der Waals surface area contributed by atoms with Crippen molar-refractivity contribution in [1.82, 2.24) is 35.1 Å². The first-order valence-corrected chi connectivity index (χ1v) is 10.8. The van der Waals surface area contributed by atoms with Gasteiger partial charge in [-0.3, -0.25) is 9.88 Å². The number of rotatable bonds is 5. The van der Waals surface area contributed by atoms with Gasteiger partial charge in [-0.1, -0.05) is 6.07 Å². The molecule has 0 unspecified atom stereocenters. The third kappa shape index (κ3) is 4.33. The summed E-state index contributed by atoms with van der Waals surface area (Å²) >= 11 is 0. The van der Waals surface area contributed by atoms with Crippen molar-refractivity contribution in [2.75, 3.05) is 26.2 Å². The molecule has 4 aromatic rings. The molecule has 2 N–H and O–H groups in total. The fourth-order valence-electron chi connectivity index (χ4n) is 4.14. The van der Waals surface area contributed by atoms with Crippen LogP contribution in [0.3, 0.4) is 0 Å². The first-order chi connectivity index (χ1) is 15.2. The number of pyridine rings is 1. The standard InChI is InChI=1S/C24H27N7/c1-16-17(2)27-15-28-24(16)19-3-4-21-22(12-19)30-23(29-21)13-20-11-18(5-6-26-20)14-31-9-7-25-8-10-31/h3-6,11-12,15,25H,7-10,13-14H2,1-2H3,(H,29,30). The van der Waals surface area contributed by atoms with Gasteiger partial charge in [-0.25, -0.2) is 15.0 Å². The summed E-state index contributed by atoms with van der Waals surface area (Å²) in [7, 11) is 0. The summed E-state index contributed by atoms with van der Waals surface area (Å²) in [5, 5.41) is 3.40. The van der Waals surface area contributed by atoms with Crippen LogP contribution in [0.1, 0.15) is 28.3 Å². The van der Waals surface area contributed by atoms with E-state index >= 15 is 0 Å². The van der Waals surface area contributed by atoms with Crippen LogP contribution < -0.4 is 5.32 Å². The summed E-state index contributed by atoms with van der Waals surface area (Å²) in [6, 6.07) is 10.6. The molecule has 1 aliphatic rings. The summed E-state index contributed by atoms with van der Waals surface area (Å²) in [4.78, 5) is 24.1. The van der Waals surface area contributed by atoms with Crippen molar-refractivity contribution in [2.24, 2.45) is 0 Å². The van der Waals surface area contributed by atoms with E-state index in [2.05, 4.69) is 67.4 Å². The van der Waals surface area contributed by atoms with Gasteiger partial charge >= 0.3 is 0 Å². The number of aromatic amines is 1. The topological polar surface area (TPSA) is 82.6 Å². The molecule has 5 rings (SSSR count). The molecular formula is C24H27N7. The number of aryl methyl sites for hydroxylation is 1. The minimum Gasteiger partial charge on any atom is -0.342 e. The maximum Gasteiger partial charge on any atom is 0.116 e. The lowest BCUT2D eigenvalue weighted by atomic mass is 10.1. The fraction of sp³-hybridized carbons (Fsp3) is 0.333. The molecule has 1 aliphatic heterocycles. The van der Waals surface area contributed by atoms with E-state index in [0.29, 0.717) is 6.42 Å². The summed E-state index contributed by atoms with van der Waals surface area (Å²) in [6.07, 6.45) is 4.22. The third-order valence-electron chi connectivity index (χ3n) is 5.99. The highest BCUT2D eigenvalue weighted by molar-refractivity contribution is 5.81. The molecule has 0 atom stereocenters. The van der Waals surface area contributed by atoms with Crippen molar-refractivity contribution < 1.29 is 0 Å². The number of nitrogens with one attached hydrogen (secondary N) is 2. The van der Waals surface area contributed by atoms with E-state index in [1.54, 1.807) is 6.33 Å². The first-order valence-electron chi connectivity index (χ1n) is 10.8. The van der Waals surface area contributed by atoms with Gasteiger partial charge in [-0.2, -0.15) is 0 Å². The molecule has 0 amide bonds. The summed E-state index contributed by atoms with van der Waals surface area (Å²) in [6.45, 7) is 9.35. The van der Waals surface area contributed by atoms with Gasteiger partial charge in [-0.15, -0.1) is 0 Å². The van der Waals surface area contributed by atoms with E-state index in [0.717, 1.165) is 77.8 Å². The molecule has 0 bridgehead atoms. The normalized spacial score (nSPS) is 14.9. The Kier molecular flexibility index (Phi) is 5.44. The molecule has 1 fully saturated rings. The summed E-state index contributed by atoms with van der Waals surface area (Å²) in [5.74, 6) is 0.926. The van der Waals surface area contributed by atoms with E-state index in [1.807, 2.05) is 13.1 Å².